The topological polar surface area (TPSA) is 72.2 Å². The van der Waals surface area contributed by atoms with Crippen LogP contribution in [0.3, 0.4) is 0 Å². The van der Waals surface area contributed by atoms with Gasteiger partial charge < -0.3 is 11.1 Å². The summed E-state index contributed by atoms with van der Waals surface area (Å²) in [7, 11) is 0. The van der Waals surface area contributed by atoms with E-state index in [0.717, 1.165) is 22.9 Å². The molecule has 7 heteroatoms. The van der Waals surface area contributed by atoms with Gasteiger partial charge in [-0.05, 0) is 34.5 Å². The fraction of sp³-hybridized carbons (Fsp3) is 0.143. The van der Waals surface area contributed by atoms with Crippen molar-refractivity contribution in [2.45, 2.75) is 18.6 Å². The number of benzene rings is 3. The molecule has 4 nitrogen and oxygen atoms in total. The van der Waals surface area contributed by atoms with E-state index in [1.807, 2.05) is 24.3 Å². The molecule has 0 spiro atoms. The van der Waals surface area contributed by atoms with Gasteiger partial charge in [0, 0.05) is 12.0 Å². The Hall–Kier alpha value is -3.35. The number of amides is 2. The van der Waals surface area contributed by atoms with Gasteiger partial charge in [-0.3, -0.25) is 9.59 Å². The first-order valence-electron chi connectivity index (χ1n) is 8.49. The fourth-order valence-corrected chi connectivity index (χ4v) is 2.91. The number of hydrogen-bond acceptors (Lipinski definition) is 2. The molecule has 28 heavy (non-hydrogen) atoms. The number of alkyl halides is 3. The Morgan fingerprint density at radius 2 is 1.64 bits per heavy atom. The first-order valence-corrected chi connectivity index (χ1v) is 8.49. The van der Waals surface area contributed by atoms with Crippen molar-refractivity contribution in [2.75, 3.05) is 0 Å². The third kappa shape index (κ3) is 4.49. The van der Waals surface area contributed by atoms with Gasteiger partial charge in [-0.25, -0.2) is 0 Å². The molecular weight excluding hydrogens is 369 g/mol. The van der Waals surface area contributed by atoms with Crippen LogP contribution in [0.2, 0.25) is 0 Å². The summed E-state index contributed by atoms with van der Waals surface area (Å²) < 4.78 is 38.6. The number of fused-ring (bicyclic) bond motifs is 1. The largest absolute Gasteiger partial charge is 0.416 e. The van der Waals surface area contributed by atoms with Crippen LogP contribution >= 0.6 is 0 Å². The minimum Gasteiger partial charge on any atom is -0.368 e. The summed E-state index contributed by atoms with van der Waals surface area (Å²) in [4.78, 5) is 24.3. The van der Waals surface area contributed by atoms with Crippen LogP contribution in [0.25, 0.3) is 10.8 Å². The van der Waals surface area contributed by atoms with Gasteiger partial charge in [-0.1, -0.05) is 48.5 Å². The van der Waals surface area contributed by atoms with Gasteiger partial charge in [-0.15, -0.1) is 0 Å². The van der Waals surface area contributed by atoms with Crippen LogP contribution in [0, 0.1) is 0 Å². The second-order valence-electron chi connectivity index (χ2n) is 6.39. The lowest BCUT2D eigenvalue weighted by Gasteiger charge is -2.17. The van der Waals surface area contributed by atoms with Crippen LogP contribution in [0.1, 0.15) is 21.5 Å². The van der Waals surface area contributed by atoms with E-state index in [9.17, 15) is 22.8 Å². The Morgan fingerprint density at radius 3 is 2.32 bits per heavy atom. The predicted octanol–water partition coefficient (Wildman–Crippen LogP) is 3.69. The second kappa shape index (κ2) is 7.72. The molecule has 3 aromatic rings. The van der Waals surface area contributed by atoms with Crippen molar-refractivity contribution in [2.24, 2.45) is 5.73 Å². The van der Waals surface area contributed by atoms with Crippen LogP contribution in [0.5, 0.6) is 0 Å². The van der Waals surface area contributed by atoms with Crippen molar-refractivity contribution in [1.29, 1.82) is 0 Å². The number of nitrogens with two attached hydrogens (primary N) is 1. The molecule has 0 radical (unpaired) electrons. The minimum atomic E-state index is -4.49. The smallest absolute Gasteiger partial charge is 0.368 e. The van der Waals surface area contributed by atoms with Crippen LogP contribution in [-0.2, 0) is 17.4 Å². The summed E-state index contributed by atoms with van der Waals surface area (Å²) in [6.45, 7) is 0. The highest BCUT2D eigenvalue weighted by Crippen LogP contribution is 2.29. The van der Waals surface area contributed by atoms with Crippen molar-refractivity contribution in [3.63, 3.8) is 0 Å². The quantitative estimate of drug-likeness (QED) is 0.702. The average molecular weight is 386 g/mol. The highest BCUT2D eigenvalue weighted by Gasteiger charge is 2.30. The molecule has 0 unspecified atom stereocenters. The third-order valence-electron chi connectivity index (χ3n) is 4.35. The lowest BCUT2D eigenvalue weighted by atomic mass is 10.0. The molecule has 0 bridgehead atoms. The van der Waals surface area contributed by atoms with E-state index in [1.54, 1.807) is 18.2 Å². The third-order valence-corrected chi connectivity index (χ3v) is 4.35. The lowest BCUT2D eigenvalue weighted by Crippen LogP contribution is -2.45. The van der Waals surface area contributed by atoms with Gasteiger partial charge >= 0.3 is 6.18 Å². The van der Waals surface area contributed by atoms with Crippen molar-refractivity contribution in [3.05, 3.63) is 83.4 Å². The van der Waals surface area contributed by atoms with Crippen molar-refractivity contribution in [1.82, 2.24) is 5.32 Å². The molecular formula is C21H17F3N2O2. The van der Waals surface area contributed by atoms with Crippen molar-refractivity contribution in [3.8, 4) is 0 Å². The molecule has 144 valence electrons. The number of rotatable bonds is 5. The standard InChI is InChI=1S/C21H17F3N2O2/c22-21(23,24)17-7-3-4-13(10-17)11-18(19(25)27)26-20(28)16-9-8-14-5-1-2-6-15(14)12-16/h1-10,12,18H,11H2,(H2,25,27)(H,26,28)/t18-/m0/s1. The van der Waals surface area contributed by atoms with Gasteiger partial charge in [0.1, 0.15) is 6.04 Å². The van der Waals surface area contributed by atoms with E-state index >= 15 is 0 Å². The van der Waals surface area contributed by atoms with Gasteiger partial charge in [-0.2, -0.15) is 13.2 Å². The zero-order valence-corrected chi connectivity index (χ0v) is 14.7. The zero-order chi connectivity index (χ0) is 20.3. The van der Waals surface area contributed by atoms with E-state index < -0.39 is 29.6 Å². The summed E-state index contributed by atoms with van der Waals surface area (Å²) in [6, 6.07) is 16.0. The molecule has 3 N–H and O–H groups in total. The molecule has 0 saturated carbocycles. The van der Waals surface area contributed by atoms with Crippen LogP contribution in [0.15, 0.2) is 66.7 Å². The lowest BCUT2D eigenvalue weighted by molar-refractivity contribution is -0.137. The highest BCUT2D eigenvalue weighted by molar-refractivity contribution is 6.00. The maximum atomic E-state index is 12.9. The molecule has 0 aliphatic heterocycles. The summed E-state index contributed by atoms with van der Waals surface area (Å²) in [6.07, 6.45) is -4.63. The summed E-state index contributed by atoms with van der Waals surface area (Å²) in [5.74, 6) is -1.35. The molecule has 1 atom stereocenters. The number of hydrogen-bond donors (Lipinski definition) is 2. The number of carbonyl (C=O) groups is 2. The van der Waals surface area contributed by atoms with Crippen LogP contribution in [-0.4, -0.2) is 17.9 Å². The Morgan fingerprint density at radius 1 is 0.929 bits per heavy atom. The van der Waals surface area contributed by atoms with E-state index in [0.29, 0.717) is 5.56 Å². The monoisotopic (exact) mass is 386 g/mol. The van der Waals surface area contributed by atoms with Gasteiger partial charge in [0.2, 0.25) is 5.91 Å². The van der Waals surface area contributed by atoms with E-state index in [1.165, 1.54) is 12.1 Å². The SMILES string of the molecule is NC(=O)[C@H](Cc1cccc(C(F)(F)F)c1)NC(=O)c1ccc2ccccc2c1. The number of carbonyl (C=O) groups excluding carboxylic acids is 2. The van der Waals surface area contributed by atoms with Crippen molar-refractivity contribution >= 4 is 22.6 Å². The Balaban J connectivity index is 1.79. The Labute approximate surface area is 159 Å². The molecule has 0 fully saturated rings. The van der Waals surface area contributed by atoms with Crippen LogP contribution in [0.4, 0.5) is 13.2 Å². The normalized spacial score (nSPS) is 12.5. The molecule has 0 saturated heterocycles. The molecule has 0 aromatic heterocycles. The zero-order valence-electron chi connectivity index (χ0n) is 14.7. The molecule has 2 amide bonds. The summed E-state index contributed by atoms with van der Waals surface area (Å²) >= 11 is 0. The van der Waals surface area contributed by atoms with Crippen LogP contribution < -0.4 is 11.1 Å². The first kappa shape index (κ1) is 19.4. The highest BCUT2D eigenvalue weighted by atomic mass is 19.4. The molecule has 0 heterocycles. The minimum absolute atomic E-state index is 0.140. The summed E-state index contributed by atoms with van der Waals surface area (Å²) in [5, 5.41) is 4.31. The number of nitrogens with one attached hydrogen (secondary N) is 1. The molecule has 3 aromatic carbocycles. The molecule has 3 rings (SSSR count). The van der Waals surface area contributed by atoms with Gasteiger partial charge in [0.15, 0.2) is 0 Å². The van der Waals surface area contributed by atoms with Gasteiger partial charge in [0.25, 0.3) is 5.91 Å². The average Bonchev–Trinajstić information content (AvgIpc) is 2.66. The Bertz CT molecular complexity index is 1030. The fourth-order valence-electron chi connectivity index (χ4n) is 2.91. The maximum Gasteiger partial charge on any atom is 0.416 e. The number of primary amides is 1. The summed E-state index contributed by atoms with van der Waals surface area (Å²) in [5.41, 5.74) is 5.10. The molecule has 0 aliphatic rings. The number of halogens is 3. The maximum absolute atomic E-state index is 12.9. The second-order valence-corrected chi connectivity index (χ2v) is 6.39. The first-order chi connectivity index (χ1) is 13.2. The predicted molar refractivity (Wildman–Crippen MR) is 99.5 cm³/mol. The van der Waals surface area contributed by atoms with Crippen molar-refractivity contribution < 1.29 is 22.8 Å². The van der Waals surface area contributed by atoms with E-state index in [4.69, 9.17) is 5.73 Å². The molecule has 0 aliphatic carbocycles. The van der Waals surface area contributed by atoms with Gasteiger partial charge in [0.05, 0.1) is 5.56 Å². The van der Waals surface area contributed by atoms with E-state index in [2.05, 4.69) is 5.32 Å². The van der Waals surface area contributed by atoms with E-state index in [-0.39, 0.29) is 12.0 Å². The Kier molecular flexibility index (Phi) is 5.35.